The van der Waals surface area contributed by atoms with E-state index in [1.807, 2.05) is 20.8 Å². The van der Waals surface area contributed by atoms with Crippen LogP contribution in [0.25, 0.3) is 0 Å². The van der Waals surface area contributed by atoms with E-state index >= 15 is 0 Å². The molecule has 14 heavy (non-hydrogen) atoms. The molecule has 5 heteroatoms. The molecular formula is C9H16N4O. The first-order valence-electron chi connectivity index (χ1n) is 4.44. The summed E-state index contributed by atoms with van der Waals surface area (Å²) in [6.07, 6.45) is 0. The standard InChI is InChI=1S/C9H16N4O/c1-5-6(10)7(13-12-5)11-8(14)9(2,3)4/h10H2,1-4H3,(H2,11,12,13,14). The van der Waals surface area contributed by atoms with Gasteiger partial charge >= 0.3 is 0 Å². The van der Waals surface area contributed by atoms with Gasteiger partial charge in [0.25, 0.3) is 0 Å². The van der Waals surface area contributed by atoms with Gasteiger partial charge in [0.1, 0.15) is 0 Å². The van der Waals surface area contributed by atoms with Gasteiger partial charge in [-0.3, -0.25) is 9.89 Å². The van der Waals surface area contributed by atoms with Gasteiger partial charge in [0, 0.05) is 5.41 Å². The minimum atomic E-state index is -0.445. The van der Waals surface area contributed by atoms with E-state index in [0.29, 0.717) is 11.5 Å². The molecule has 0 radical (unpaired) electrons. The van der Waals surface area contributed by atoms with Crippen LogP contribution >= 0.6 is 0 Å². The number of aromatic nitrogens is 2. The SMILES string of the molecule is Cc1[nH]nc(NC(=O)C(C)(C)C)c1N. The Morgan fingerprint density at radius 3 is 2.43 bits per heavy atom. The number of hydrogen-bond donors (Lipinski definition) is 3. The van der Waals surface area contributed by atoms with E-state index in [9.17, 15) is 4.79 Å². The number of aryl methyl sites for hydroxylation is 1. The zero-order valence-corrected chi connectivity index (χ0v) is 8.93. The lowest BCUT2D eigenvalue weighted by Gasteiger charge is -2.16. The zero-order chi connectivity index (χ0) is 10.9. The van der Waals surface area contributed by atoms with E-state index in [1.165, 1.54) is 0 Å². The topological polar surface area (TPSA) is 83.8 Å². The van der Waals surface area contributed by atoms with Crippen molar-refractivity contribution in [1.82, 2.24) is 10.2 Å². The summed E-state index contributed by atoms with van der Waals surface area (Å²) < 4.78 is 0. The van der Waals surface area contributed by atoms with E-state index in [0.717, 1.165) is 5.69 Å². The Bertz CT molecular complexity index is 348. The molecule has 0 unspecified atom stereocenters. The lowest BCUT2D eigenvalue weighted by Crippen LogP contribution is -2.28. The van der Waals surface area contributed by atoms with Gasteiger partial charge in [-0.25, -0.2) is 0 Å². The van der Waals surface area contributed by atoms with E-state index in [2.05, 4.69) is 15.5 Å². The minimum absolute atomic E-state index is 0.101. The third-order valence-corrected chi connectivity index (χ3v) is 1.91. The van der Waals surface area contributed by atoms with Crippen LogP contribution in [0.5, 0.6) is 0 Å². The summed E-state index contributed by atoms with van der Waals surface area (Å²) in [5.74, 6) is 0.304. The second kappa shape index (κ2) is 3.32. The summed E-state index contributed by atoms with van der Waals surface area (Å²) in [6, 6.07) is 0. The van der Waals surface area contributed by atoms with Gasteiger partial charge in [-0.2, -0.15) is 5.10 Å². The van der Waals surface area contributed by atoms with Crippen molar-refractivity contribution in [2.45, 2.75) is 27.7 Å². The van der Waals surface area contributed by atoms with Crippen molar-refractivity contribution < 1.29 is 4.79 Å². The molecule has 1 amide bonds. The molecule has 1 rings (SSSR count). The molecule has 0 saturated heterocycles. The lowest BCUT2D eigenvalue weighted by molar-refractivity contribution is -0.123. The molecular weight excluding hydrogens is 180 g/mol. The fourth-order valence-electron chi connectivity index (χ4n) is 0.828. The molecule has 0 saturated carbocycles. The van der Waals surface area contributed by atoms with Crippen LogP contribution in [0.1, 0.15) is 26.5 Å². The van der Waals surface area contributed by atoms with Crippen LogP contribution in [0.2, 0.25) is 0 Å². The highest BCUT2D eigenvalue weighted by Crippen LogP contribution is 2.21. The fraction of sp³-hybridized carbons (Fsp3) is 0.556. The molecule has 4 N–H and O–H groups in total. The highest BCUT2D eigenvalue weighted by Gasteiger charge is 2.22. The van der Waals surface area contributed by atoms with Crippen molar-refractivity contribution in [2.75, 3.05) is 11.1 Å². The molecule has 0 fully saturated rings. The van der Waals surface area contributed by atoms with Gasteiger partial charge < -0.3 is 11.1 Å². The molecule has 1 aromatic heterocycles. The Hall–Kier alpha value is -1.52. The maximum Gasteiger partial charge on any atom is 0.231 e. The minimum Gasteiger partial charge on any atom is -0.394 e. The van der Waals surface area contributed by atoms with Gasteiger partial charge in [0.05, 0.1) is 11.4 Å². The molecule has 0 aliphatic rings. The first-order chi connectivity index (χ1) is 6.32. The quantitative estimate of drug-likeness (QED) is 0.632. The largest absolute Gasteiger partial charge is 0.394 e. The van der Waals surface area contributed by atoms with Gasteiger partial charge in [-0.05, 0) is 6.92 Å². The Morgan fingerprint density at radius 1 is 1.50 bits per heavy atom. The van der Waals surface area contributed by atoms with Gasteiger partial charge in [0.15, 0.2) is 5.82 Å². The summed E-state index contributed by atoms with van der Waals surface area (Å²) >= 11 is 0. The molecule has 1 heterocycles. The summed E-state index contributed by atoms with van der Waals surface area (Å²) in [7, 11) is 0. The maximum atomic E-state index is 11.6. The summed E-state index contributed by atoms with van der Waals surface area (Å²) in [5, 5.41) is 9.26. The summed E-state index contributed by atoms with van der Waals surface area (Å²) in [5.41, 5.74) is 6.49. The summed E-state index contributed by atoms with van der Waals surface area (Å²) in [4.78, 5) is 11.6. The smallest absolute Gasteiger partial charge is 0.231 e. The predicted octanol–water partition coefficient (Wildman–Crippen LogP) is 1.28. The van der Waals surface area contributed by atoms with Gasteiger partial charge in [0.2, 0.25) is 5.91 Å². The number of anilines is 2. The van der Waals surface area contributed by atoms with E-state index in [-0.39, 0.29) is 5.91 Å². The molecule has 0 aromatic carbocycles. The van der Waals surface area contributed by atoms with E-state index < -0.39 is 5.41 Å². The second-order valence-corrected chi connectivity index (χ2v) is 4.32. The monoisotopic (exact) mass is 196 g/mol. The van der Waals surface area contributed by atoms with Crippen molar-refractivity contribution in [3.05, 3.63) is 5.69 Å². The van der Waals surface area contributed by atoms with Crippen molar-refractivity contribution in [3.8, 4) is 0 Å². The van der Waals surface area contributed by atoms with Gasteiger partial charge in [-0.1, -0.05) is 20.8 Å². The number of amides is 1. The number of carbonyl (C=O) groups is 1. The Labute approximate surface area is 83.1 Å². The number of nitrogens with one attached hydrogen (secondary N) is 2. The normalized spacial score (nSPS) is 11.4. The Balaban J connectivity index is 2.80. The van der Waals surface area contributed by atoms with Crippen LogP contribution in [0.15, 0.2) is 0 Å². The average Bonchev–Trinajstić information content (AvgIpc) is 2.34. The molecule has 0 spiro atoms. The maximum absolute atomic E-state index is 11.6. The van der Waals surface area contributed by atoms with E-state index in [1.54, 1.807) is 6.92 Å². The van der Waals surface area contributed by atoms with Crippen molar-refractivity contribution in [2.24, 2.45) is 5.41 Å². The number of nitrogens with zero attached hydrogens (tertiary/aromatic N) is 1. The highest BCUT2D eigenvalue weighted by molar-refractivity contribution is 5.96. The second-order valence-electron chi connectivity index (χ2n) is 4.32. The molecule has 1 aromatic rings. The van der Waals surface area contributed by atoms with E-state index in [4.69, 9.17) is 5.73 Å². The third-order valence-electron chi connectivity index (χ3n) is 1.91. The zero-order valence-electron chi connectivity index (χ0n) is 8.93. The van der Waals surface area contributed by atoms with Crippen molar-refractivity contribution in [1.29, 1.82) is 0 Å². The number of nitrogen functional groups attached to an aromatic ring is 1. The Morgan fingerprint density at radius 2 is 2.07 bits per heavy atom. The van der Waals surface area contributed by atoms with Crippen LogP contribution in [0.3, 0.4) is 0 Å². The third kappa shape index (κ3) is 2.04. The molecule has 0 aliphatic heterocycles. The highest BCUT2D eigenvalue weighted by atomic mass is 16.2. The number of hydrogen-bond acceptors (Lipinski definition) is 3. The molecule has 0 aliphatic carbocycles. The molecule has 78 valence electrons. The molecule has 5 nitrogen and oxygen atoms in total. The number of rotatable bonds is 1. The van der Waals surface area contributed by atoms with Gasteiger partial charge in [-0.15, -0.1) is 0 Å². The summed E-state index contributed by atoms with van der Waals surface area (Å²) in [6.45, 7) is 7.29. The first-order valence-corrected chi connectivity index (χ1v) is 4.44. The average molecular weight is 196 g/mol. The van der Waals surface area contributed by atoms with Crippen LogP contribution in [0, 0.1) is 12.3 Å². The van der Waals surface area contributed by atoms with Crippen LogP contribution in [-0.2, 0) is 4.79 Å². The number of H-pyrrole nitrogens is 1. The number of carbonyl (C=O) groups excluding carboxylic acids is 1. The van der Waals surface area contributed by atoms with Crippen LogP contribution < -0.4 is 11.1 Å². The van der Waals surface area contributed by atoms with Crippen molar-refractivity contribution in [3.63, 3.8) is 0 Å². The van der Waals surface area contributed by atoms with Crippen LogP contribution in [-0.4, -0.2) is 16.1 Å². The number of aromatic amines is 1. The predicted molar refractivity (Wildman–Crippen MR) is 55.8 cm³/mol. The van der Waals surface area contributed by atoms with Crippen LogP contribution in [0.4, 0.5) is 11.5 Å². The first kappa shape index (κ1) is 10.6. The molecule has 0 bridgehead atoms. The number of nitrogens with two attached hydrogens (primary N) is 1. The Kier molecular flexibility index (Phi) is 2.51. The molecule has 0 atom stereocenters. The fourth-order valence-corrected chi connectivity index (χ4v) is 0.828. The van der Waals surface area contributed by atoms with Crippen molar-refractivity contribution >= 4 is 17.4 Å². The lowest BCUT2D eigenvalue weighted by atomic mass is 9.96.